The first kappa shape index (κ1) is 22.4. The van der Waals surface area contributed by atoms with Crippen LogP contribution in [0.2, 0.25) is 0 Å². The van der Waals surface area contributed by atoms with E-state index in [9.17, 15) is 22.4 Å². The largest absolute Gasteiger partial charge is 0.452 e. The number of amides is 1. The predicted molar refractivity (Wildman–Crippen MR) is 112 cm³/mol. The number of ether oxygens (including phenoxy) is 1. The second kappa shape index (κ2) is 9.67. The van der Waals surface area contributed by atoms with Crippen LogP contribution in [0.1, 0.15) is 29.6 Å². The van der Waals surface area contributed by atoms with Gasteiger partial charge in [-0.05, 0) is 49.2 Å². The molecule has 2 aromatic carbocycles. The molecule has 160 valence electrons. The highest BCUT2D eigenvalue weighted by atomic mass is 79.9. The van der Waals surface area contributed by atoms with E-state index in [1.54, 1.807) is 24.3 Å². The normalized spacial score (nSPS) is 14.9. The molecule has 0 radical (unpaired) electrons. The summed E-state index contributed by atoms with van der Waals surface area (Å²) in [6.07, 6.45) is 2.33. The molecular weight excluding hydrogens is 479 g/mol. The van der Waals surface area contributed by atoms with E-state index in [4.69, 9.17) is 4.74 Å². The van der Waals surface area contributed by atoms with Crippen molar-refractivity contribution in [1.82, 2.24) is 4.31 Å². The number of hydrogen-bond donors (Lipinski definition) is 1. The predicted octanol–water partition coefficient (Wildman–Crippen LogP) is 3.56. The maximum atomic E-state index is 14.2. The zero-order chi connectivity index (χ0) is 21.7. The van der Waals surface area contributed by atoms with Gasteiger partial charge in [0.2, 0.25) is 10.0 Å². The number of piperidine rings is 1. The van der Waals surface area contributed by atoms with Gasteiger partial charge in [-0.25, -0.2) is 17.6 Å². The highest BCUT2D eigenvalue weighted by Crippen LogP contribution is 2.24. The van der Waals surface area contributed by atoms with Crippen LogP contribution in [0.4, 0.5) is 10.1 Å². The van der Waals surface area contributed by atoms with Gasteiger partial charge < -0.3 is 10.1 Å². The molecule has 1 aliphatic rings. The molecule has 1 N–H and O–H groups in total. The van der Waals surface area contributed by atoms with Gasteiger partial charge in [-0.15, -0.1) is 0 Å². The third-order valence-electron chi connectivity index (χ3n) is 4.54. The summed E-state index contributed by atoms with van der Waals surface area (Å²) in [5, 5.41) is 2.57. The van der Waals surface area contributed by atoms with Gasteiger partial charge in [-0.1, -0.05) is 28.4 Å². The molecule has 1 aliphatic heterocycles. The minimum atomic E-state index is -4.06. The van der Waals surface area contributed by atoms with Crippen LogP contribution in [0.25, 0.3) is 0 Å². The summed E-state index contributed by atoms with van der Waals surface area (Å²) in [7, 11) is -4.06. The van der Waals surface area contributed by atoms with E-state index < -0.39 is 39.2 Å². The zero-order valence-corrected chi connectivity index (χ0v) is 18.3. The average molecular weight is 499 g/mol. The van der Waals surface area contributed by atoms with E-state index in [1.807, 2.05) is 0 Å². The number of esters is 1. The highest BCUT2D eigenvalue weighted by Gasteiger charge is 2.29. The van der Waals surface area contributed by atoms with Gasteiger partial charge in [0, 0.05) is 23.2 Å². The van der Waals surface area contributed by atoms with Crippen LogP contribution in [0.3, 0.4) is 0 Å². The third-order valence-corrected chi connectivity index (χ3v) is 6.95. The topological polar surface area (TPSA) is 92.8 Å². The average Bonchev–Trinajstić information content (AvgIpc) is 2.73. The van der Waals surface area contributed by atoms with Gasteiger partial charge in [-0.3, -0.25) is 4.79 Å². The molecule has 0 spiro atoms. The summed E-state index contributed by atoms with van der Waals surface area (Å²) in [6, 6.07) is 9.86. The molecule has 30 heavy (non-hydrogen) atoms. The van der Waals surface area contributed by atoms with E-state index in [0.717, 1.165) is 29.1 Å². The smallest absolute Gasteiger partial charge is 0.338 e. The van der Waals surface area contributed by atoms with E-state index in [0.29, 0.717) is 31.6 Å². The Balaban J connectivity index is 1.67. The minimum Gasteiger partial charge on any atom is -0.452 e. The standard InChI is InChI=1S/C20H20BrFN2O5S/c21-15-5-4-6-16(12-15)23-19(25)13-29-20(26)14-7-8-17(22)18(11-14)30(27,28)24-9-2-1-3-10-24/h4-8,11-12H,1-3,9-10,13H2,(H,23,25). The molecule has 0 aliphatic carbocycles. The van der Waals surface area contributed by atoms with Crippen LogP contribution in [-0.4, -0.2) is 44.3 Å². The van der Waals surface area contributed by atoms with Crippen molar-refractivity contribution in [1.29, 1.82) is 0 Å². The number of carbonyl (C=O) groups is 2. The summed E-state index contributed by atoms with van der Waals surface area (Å²) < 4.78 is 46.7. The number of hydrogen-bond acceptors (Lipinski definition) is 5. The molecule has 1 heterocycles. The van der Waals surface area contributed by atoms with Gasteiger partial charge in [-0.2, -0.15) is 4.31 Å². The molecule has 1 fully saturated rings. The van der Waals surface area contributed by atoms with E-state index in [1.165, 1.54) is 4.31 Å². The minimum absolute atomic E-state index is 0.151. The van der Waals surface area contributed by atoms with E-state index >= 15 is 0 Å². The number of rotatable bonds is 6. The van der Waals surface area contributed by atoms with Crippen molar-refractivity contribution in [3.05, 3.63) is 58.3 Å². The Morgan fingerprint density at radius 3 is 2.53 bits per heavy atom. The summed E-state index contributed by atoms with van der Waals surface area (Å²) in [5.74, 6) is -2.43. The number of carbonyl (C=O) groups excluding carboxylic acids is 2. The lowest BCUT2D eigenvalue weighted by atomic mass is 10.2. The maximum absolute atomic E-state index is 14.2. The molecule has 10 heteroatoms. The van der Waals surface area contributed by atoms with Crippen molar-refractivity contribution in [3.63, 3.8) is 0 Å². The lowest BCUT2D eigenvalue weighted by Gasteiger charge is -2.26. The molecule has 3 rings (SSSR count). The van der Waals surface area contributed by atoms with Gasteiger partial charge >= 0.3 is 5.97 Å². The lowest BCUT2D eigenvalue weighted by molar-refractivity contribution is -0.119. The molecule has 0 atom stereocenters. The quantitative estimate of drug-likeness (QED) is 0.614. The van der Waals surface area contributed by atoms with E-state index in [2.05, 4.69) is 21.2 Å². The fourth-order valence-corrected chi connectivity index (χ4v) is 5.06. The monoisotopic (exact) mass is 498 g/mol. The van der Waals surface area contributed by atoms with Crippen molar-refractivity contribution < 1.29 is 27.1 Å². The lowest BCUT2D eigenvalue weighted by Crippen LogP contribution is -2.36. The number of benzene rings is 2. The molecule has 1 saturated heterocycles. The SMILES string of the molecule is O=C(COC(=O)c1ccc(F)c(S(=O)(=O)N2CCCCC2)c1)Nc1cccc(Br)c1. The first-order valence-electron chi connectivity index (χ1n) is 9.29. The fourth-order valence-electron chi connectivity index (χ4n) is 3.05. The number of nitrogens with one attached hydrogen (secondary N) is 1. The Morgan fingerprint density at radius 1 is 1.10 bits per heavy atom. The van der Waals surface area contributed by atoms with Crippen molar-refractivity contribution in [3.8, 4) is 0 Å². The van der Waals surface area contributed by atoms with Crippen molar-refractivity contribution in [2.45, 2.75) is 24.2 Å². The summed E-state index contributed by atoms with van der Waals surface area (Å²) >= 11 is 3.28. The number of anilines is 1. The fraction of sp³-hybridized carbons (Fsp3) is 0.300. The Morgan fingerprint density at radius 2 is 1.83 bits per heavy atom. The van der Waals surface area contributed by atoms with Crippen LogP contribution in [0, 0.1) is 5.82 Å². The molecule has 1 amide bonds. The number of nitrogens with zero attached hydrogens (tertiary/aromatic N) is 1. The first-order valence-corrected chi connectivity index (χ1v) is 11.5. The molecule has 0 aromatic heterocycles. The first-order chi connectivity index (χ1) is 14.3. The van der Waals surface area contributed by atoms with Gasteiger partial charge in [0.05, 0.1) is 5.56 Å². The number of sulfonamides is 1. The van der Waals surface area contributed by atoms with E-state index in [-0.39, 0.29) is 5.56 Å². The molecule has 2 aromatic rings. The summed E-state index contributed by atoms with van der Waals surface area (Å²) in [6.45, 7) is 0.0510. The molecule has 0 saturated carbocycles. The molecule has 0 unspecified atom stereocenters. The van der Waals surface area contributed by atoms with Crippen LogP contribution < -0.4 is 5.32 Å². The summed E-state index contributed by atoms with van der Waals surface area (Å²) in [4.78, 5) is 23.7. The second-order valence-electron chi connectivity index (χ2n) is 6.74. The Bertz CT molecular complexity index is 1050. The van der Waals surface area contributed by atoms with Gasteiger partial charge in [0.25, 0.3) is 5.91 Å². The Hall–Kier alpha value is -2.30. The van der Waals surface area contributed by atoms with Crippen LogP contribution in [-0.2, 0) is 19.6 Å². The zero-order valence-electron chi connectivity index (χ0n) is 15.9. The second-order valence-corrected chi connectivity index (χ2v) is 9.57. The molecule has 7 nitrogen and oxygen atoms in total. The summed E-state index contributed by atoms with van der Waals surface area (Å²) in [5.41, 5.74) is 0.365. The van der Waals surface area contributed by atoms with Crippen LogP contribution in [0.5, 0.6) is 0 Å². The van der Waals surface area contributed by atoms with Crippen molar-refractivity contribution >= 4 is 43.5 Å². The third kappa shape index (κ3) is 5.44. The highest BCUT2D eigenvalue weighted by molar-refractivity contribution is 9.10. The Labute approximate surface area is 182 Å². The van der Waals surface area contributed by atoms with Crippen molar-refractivity contribution in [2.24, 2.45) is 0 Å². The van der Waals surface area contributed by atoms with Crippen LogP contribution in [0.15, 0.2) is 51.8 Å². The van der Waals surface area contributed by atoms with Crippen molar-refractivity contribution in [2.75, 3.05) is 25.0 Å². The van der Waals surface area contributed by atoms with Gasteiger partial charge in [0.15, 0.2) is 6.61 Å². The van der Waals surface area contributed by atoms with Crippen LogP contribution >= 0.6 is 15.9 Å². The molecular formula is C20H20BrFN2O5S. The maximum Gasteiger partial charge on any atom is 0.338 e. The molecule has 0 bridgehead atoms. The Kier molecular flexibility index (Phi) is 7.22. The van der Waals surface area contributed by atoms with Gasteiger partial charge in [0.1, 0.15) is 10.7 Å². The number of halogens is 2.